The monoisotopic (exact) mass is 784 g/mol. The van der Waals surface area contributed by atoms with E-state index in [1.165, 1.54) is 68.8 Å². The molecule has 1 aromatic heterocycles. The van der Waals surface area contributed by atoms with Gasteiger partial charge in [-0.3, -0.25) is 4.79 Å². The van der Waals surface area contributed by atoms with Gasteiger partial charge in [-0.05, 0) is 48.0 Å². The minimum Gasteiger partial charge on any atom is -0.506 e. The highest BCUT2D eigenvalue weighted by atomic mass is 16.7. The number of fused-ring (bicyclic) bond motifs is 1. The first-order chi connectivity index (χ1) is 26.8. The maximum Gasteiger partial charge on any atom is 0.330 e. The molecule has 300 valence electrons. The summed E-state index contributed by atoms with van der Waals surface area (Å²) in [5.41, 5.74) is -0.162. The van der Waals surface area contributed by atoms with Crippen molar-refractivity contribution in [2.75, 3.05) is 27.4 Å². The van der Waals surface area contributed by atoms with Crippen molar-refractivity contribution in [1.29, 1.82) is 0 Å². The number of methoxy groups -OCH3 is 2. The van der Waals surface area contributed by atoms with E-state index in [0.29, 0.717) is 11.1 Å². The molecule has 0 spiro atoms. The summed E-state index contributed by atoms with van der Waals surface area (Å²) in [4.78, 5) is 25.8. The van der Waals surface area contributed by atoms with E-state index in [0.717, 1.165) is 12.1 Å². The molecule has 9 N–H and O–H groups in total. The average molecular weight is 785 g/mol. The Kier molecular flexibility index (Phi) is 12.1. The van der Waals surface area contributed by atoms with E-state index in [4.69, 9.17) is 32.8 Å². The van der Waals surface area contributed by atoms with Gasteiger partial charge in [0.2, 0.25) is 6.29 Å². The predicted octanol–water partition coefficient (Wildman–Crippen LogP) is -0.154. The Balaban J connectivity index is 1.16. The Morgan fingerprint density at radius 1 is 0.786 bits per heavy atom. The van der Waals surface area contributed by atoms with Crippen LogP contribution in [0.2, 0.25) is 0 Å². The Morgan fingerprint density at radius 3 is 2.14 bits per heavy atom. The number of aliphatic hydroxyl groups is 7. The number of hydrogen-bond donors (Lipinski definition) is 9. The van der Waals surface area contributed by atoms with Gasteiger partial charge in [0.05, 0.1) is 26.4 Å². The number of aliphatic hydroxyl groups excluding tert-OH is 7. The van der Waals surface area contributed by atoms with Crippen LogP contribution in [0.1, 0.15) is 17.2 Å². The molecule has 2 fully saturated rings. The van der Waals surface area contributed by atoms with Gasteiger partial charge >= 0.3 is 5.97 Å². The minimum atomic E-state index is -1.77. The molecular formula is C38H40O18. The van der Waals surface area contributed by atoms with Crippen molar-refractivity contribution >= 4 is 23.0 Å². The van der Waals surface area contributed by atoms with Gasteiger partial charge in [-0.25, -0.2) is 4.79 Å². The minimum absolute atomic E-state index is 0.0454. The Morgan fingerprint density at radius 2 is 1.46 bits per heavy atom. The van der Waals surface area contributed by atoms with E-state index >= 15 is 0 Å². The summed E-state index contributed by atoms with van der Waals surface area (Å²) in [6, 6.07) is 12.6. The number of phenols is 2. The molecular weight excluding hydrogens is 744 g/mol. The fourth-order valence-corrected chi connectivity index (χ4v) is 6.38. The van der Waals surface area contributed by atoms with Crippen LogP contribution in [0, 0.1) is 0 Å². The normalized spacial score (nSPS) is 27.9. The van der Waals surface area contributed by atoms with Crippen LogP contribution in [0.25, 0.3) is 28.4 Å². The fraction of sp³-hybridized carbons (Fsp3) is 0.368. The zero-order chi connectivity index (χ0) is 40.4. The number of aromatic hydroxyl groups is 2. The summed E-state index contributed by atoms with van der Waals surface area (Å²) in [6.07, 6.45) is -13.4. The lowest BCUT2D eigenvalue weighted by molar-refractivity contribution is -0.278. The third-order valence-corrected chi connectivity index (χ3v) is 9.46. The van der Waals surface area contributed by atoms with Gasteiger partial charge < -0.3 is 78.8 Å². The second-order valence-electron chi connectivity index (χ2n) is 13.0. The number of ether oxygens (including phenoxy) is 6. The molecule has 0 bridgehead atoms. The summed E-state index contributed by atoms with van der Waals surface area (Å²) >= 11 is 0. The van der Waals surface area contributed by atoms with Gasteiger partial charge in [0.25, 0.3) is 0 Å². The first-order valence-corrected chi connectivity index (χ1v) is 17.1. The number of benzene rings is 3. The number of esters is 1. The highest BCUT2D eigenvalue weighted by molar-refractivity contribution is 5.88. The van der Waals surface area contributed by atoms with Gasteiger partial charge in [-0.1, -0.05) is 6.07 Å². The van der Waals surface area contributed by atoms with Crippen LogP contribution in [0.3, 0.4) is 0 Å². The topological polar surface area (TPSA) is 285 Å². The van der Waals surface area contributed by atoms with E-state index in [1.54, 1.807) is 0 Å². The molecule has 18 heteroatoms. The lowest BCUT2D eigenvalue weighted by atomic mass is 9.89. The van der Waals surface area contributed by atoms with Crippen molar-refractivity contribution < 1.29 is 83.6 Å². The zero-order valence-electron chi connectivity index (χ0n) is 29.7. The molecule has 0 radical (unpaired) electrons. The van der Waals surface area contributed by atoms with E-state index in [1.807, 2.05) is 0 Å². The van der Waals surface area contributed by atoms with Crippen LogP contribution < -0.4 is 19.6 Å². The molecule has 0 amide bonds. The fourth-order valence-electron chi connectivity index (χ4n) is 6.38. The third-order valence-electron chi connectivity index (χ3n) is 9.46. The second kappa shape index (κ2) is 16.8. The summed E-state index contributed by atoms with van der Waals surface area (Å²) in [5, 5.41) is 93.0. The highest BCUT2D eigenvalue weighted by Gasteiger charge is 2.47. The van der Waals surface area contributed by atoms with Crippen LogP contribution in [0.4, 0.5) is 0 Å². The van der Waals surface area contributed by atoms with Crippen LogP contribution in [0.5, 0.6) is 28.7 Å². The van der Waals surface area contributed by atoms with E-state index in [9.17, 15) is 55.5 Å². The molecule has 3 aromatic carbocycles. The summed E-state index contributed by atoms with van der Waals surface area (Å²) < 4.78 is 38.5. The van der Waals surface area contributed by atoms with Gasteiger partial charge in [-0.15, -0.1) is 0 Å². The van der Waals surface area contributed by atoms with Crippen LogP contribution in [0.15, 0.2) is 69.9 Å². The first kappa shape index (κ1) is 40.4. The number of phenolic OH excluding ortho intramolecular Hbond substituents is 2. The lowest BCUT2D eigenvalue weighted by Gasteiger charge is -2.40. The third kappa shape index (κ3) is 8.01. The molecule has 10 atom stereocenters. The highest BCUT2D eigenvalue weighted by Crippen LogP contribution is 2.45. The van der Waals surface area contributed by atoms with Crippen LogP contribution in [-0.2, 0) is 19.0 Å². The number of hydrogen-bond acceptors (Lipinski definition) is 18. The van der Waals surface area contributed by atoms with Gasteiger partial charge in [0.1, 0.15) is 95.5 Å². The van der Waals surface area contributed by atoms with E-state index < -0.39 is 91.6 Å². The molecule has 6 rings (SSSR count). The van der Waals surface area contributed by atoms with Gasteiger partial charge in [0.15, 0.2) is 16.9 Å². The lowest BCUT2D eigenvalue weighted by Crippen LogP contribution is -2.60. The van der Waals surface area contributed by atoms with E-state index in [-0.39, 0.29) is 45.3 Å². The smallest absolute Gasteiger partial charge is 0.330 e. The van der Waals surface area contributed by atoms with Crippen molar-refractivity contribution in [2.45, 2.75) is 61.2 Å². The van der Waals surface area contributed by atoms with Crippen molar-refractivity contribution in [3.63, 3.8) is 0 Å². The average Bonchev–Trinajstić information content (AvgIpc) is 3.19. The first-order valence-electron chi connectivity index (χ1n) is 17.1. The van der Waals surface area contributed by atoms with Crippen molar-refractivity contribution in [1.82, 2.24) is 0 Å². The molecule has 4 aromatic rings. The molecule has 2 aliphatic rings. The second-order valence-corrected chi connectivity index (χ2v) is 13.0. The Labute approximate surface area is 317 Å². The summed E-state index contributed by atoms with van der Waals surface area (Å²) in [7, 11) is 2.62. The molecule has 2 aliphatic heterocycles. The zero-order valence-corrected chi connectivity index (χ0v) is 29.7. The van der Waals surface area contributed by atoms with E-state index in [2.05, 4.69) is 0 Å². The molecule has 18 nitrogen and oxygen atoms in total. The van der Waals surface area contributed by atoms with Crippen molar-refractivity contribution in [3.8, 4) is 40.1 Å². The van der Waals surface area contributed by atoms with Crippen LogP contribution >= 0.6 is 0 Å². The molecule has 56 heavy (non-hydrogen) atoms. The summed E-state index contributed by atoms with van der Waals surface area (Å²) in [6.45, 7) is -1.23. The molecule has 0 unspecified atom stereocenters. The SMILES string of the molecule is COc1cc(/C=C/C(=O)OC[C@H]2O[C@@H](Oc3ccc(-c4cc(=O)c5c(O)c([C@@H]6O[C@H](CO)[C@@H](O)[C@H](O)[C@H]6O)c(OC)cc5o4)cc3)[C@H](O)[C@@H](O)[C@@H]2O)ccc1O. The summed E-state index contributed by atoms with van der Waals surface area (Å²) in [5.74, 6) is -1.30. The molecule has 0 saturated carbocycles. The predicted molar refractivity (Wildman–Crippen MR) is 191 cm³/mol. The maximum atomic E-state index is 13.4. The van der Waals surface area contributed by atoms with Crippen molar-refractivity contribution in [3.05, 3.63) is 82.0 Å². The number of carbonyl (C=O) groups excluding carboxylic acids is 1. The largest absolute Gasteiger partial charge is 0.506 e. The van der Waals surface area contributed by atoms with Gasteiger partial charge in [0, 0.05) is 23.8 Å². The molecule has 0 aliphatic carbocycles. The standard InChI is InChI=1S/C38H40O18/c1-50-22-11-16(3-9-19(22)40)4-10-27(42)52-15-26-31(44)34(47)36(49)38(56-26)53-18-7-5-17(6-8-18)21-12-20(41)28-24(54-21)13-23(51-2)29(32(28)45)37-35(48)33(46)30(43)25(14-39)55-37/h3-13,25-26,30-31,33-40,43-49H,14-15H2,1-2H3/b10-4+/t25-,26-,30-,31-,33+,34+,35-,36-,37+,38-/m1/s1. The quantitative estimate of drug-likeness (QED) is 0.0706. The maximum absolute atomic E-state index is 13.4. The van der Waals surface area contributed by atoms with Crippen LogP contribution in [-0.4, -0.2) is 134 Å². The number of carbonyl (C=O) groups is 1. The Bertz CT molecular complexity index is 2110. The molecule has 3 heterocycles. The van der Waals surface area contributed by atoms with Crippen molar-refractivity contribution in [2.24, 2.45) is 0 Å². The van der Waals surface area contributed by atoms with Gasteiger partial charge in [-0.2, -0.15) is 0 Å². The Hall–Kier alpha value is -5.28. The molecule has 2 saturated heterocycles. The number of rotatable bonds is 11.